The highest BCUT2D eigenvalue weighted by atomic mass is 127. The van der Waals surface area contributed by atoms with Gasteiger partial charge in [0.2, 0.25) is 0 Å². The van der Waals surface area contributed by atoms with Crippen molar-refractivity contribution in [3.63, 3.8) is 0 Å². The number of hydrogen-bond acceptors (Lipinski definition) is 4. The molecule has 2 N–H and O–H groups in total. The Balaban J connectivity index is 0.00000225. The van der Waals surface area contributed by atoms with Crippen LogP contribution >= 0.6 is 24.0 Å². The lowest BCUT2D eigenvalue weighted by molar-refractivity contribution is -0.106. The van der Waals surface area contributed by atoms with Gasteiger partial charge < -0.3 is 24.8 Å². The first kappa shape index (κ1) is 21.2. The van der Waals surface area contributed by atoms with Gasteiger partial charge in [-0.25, -0.2) is 0 Å². The maximum atomic E-state index is 5.85. The third kappa shape index (κ3) is 4.99. The molecule has 2 aliphatic heterocycles. The second-order valence-corrected chi connectivity index (χ2v) is 7.75. The molecular formula is C18H34IN3O3. The number of fused-ring (bicyclic) bond motifs is 1. The molecule has 0 bridgehead atoms. The fraction of sp³-hybridized carbons (Fsp3) is 0.944. The van der Waals surface area contributed by atoms with Crippen LogP contribution in [0.5, 0.6) is 0 Å². The van der Waals surface area contributed by atoms with Crippen LogP contribution in [-0.4, -0.2) is 64.2 Å². The molecule has 3 rings (SSSR count). The number of halogens is 1. The molecule has 3 aliphatic rings. The topological polar surface area (TPSA) is 64.1 Å². The minimum atomic E-state index is 0. The van der Waals surface area contributed by atoms with Gasteiger partial charge >= 0.3 is 0 Å². The Morgan fingerprint density at radius 3 is 2.80 bits per heavy atom. The van der Waals surface area contributed by atoms with E-state index < -0.39 is 0 Å². The molecule has 1 saturated carbocycles. The van der Waals surface area contributed by atoms with Crippen molar-refractivity contribution in [2.45, 2.75) is 57.8 Å². The Hall–Kier alpha value is -0.120. The van der Waals surface area contributed by atoms with Crippen LogP contribution in [0.25, 0.3) is 0 Å². The Kier molecular flexibility index (Phi) is 8.23. The molecule has 0 aromatic rings. The van der Waals surface area contributed by atoms with Gasteiger partial charge in [-0.1, -0.05) is 13.8 Å². The van der Waals surface area contributed by atoms with Gasteiger partial charge in [0.1, 0.15) is 0 Å². The van der Waals surface area contributed by atoms with Crippen molar-refractivity contribution in [3.05, 3.63) is 0 Å². The molecule has 0 aromatic carbocycles. The zero-order valence-electron chi connectivity index (χ0n) is 15.8. The highest BCUT2D eigenvalue weighted by Gasteiger charge is 2.59. The highest BCUT2D eigenvalue weighted by Crippen LogP contribution is 2.52. The number of aliphatic imine (C=N–C) groups is 1. The van der Waals surface area contributed by atoms with Gasteiger partial charge in [-0.05, 0) is 25.7 Å². The fourth-order valence-corrected chi connectivity index (χ4v) is 4.33. The van der Waals surface area contributed by atoms with Crippen LogP contribution in [0.1, 0.15) is 39.5 Å². The largest absolute Gasteiger partial charge is 0.379 e. The number of rotatable bonds is 7. The van der Waals surface area contributed by atoms with Crippen molar-refractivity contribution in [3.8, 4) is 0 Å². The van der Waals surface area contributed by atoms with Gasteiger partial charge in [-0.2, -0.15) is 0 Å². The molecule has 2 saturated heterocycles. The summed E-state index contributed by atoms with van der Waals surface area (Å²) in [5.41, 5.74) is 0.170. The van der Waals surface area contributed by atoms with Crippen molar-refractivity contribution in [2.75, 3.05) is 40.0 Å². The Labute approximate surface area is 168 Å². The third-order valence-corrected chi connectivity index (χ3v) is 5.70. The molecule has 0 radical (unpaired) electrons. The molecular weight excluding hydrogens is 433 g/mol. The molecule has 3 fully saturated rings. The van der Waals surface area contributed by atoms with Gasteiger partial charge in [0.15, 0.2) is 5.96 Å². The molecule has 146 valence electrons. The van der Waals surface area contributed by atoms with Crippen molar-refractivity contribution in [1.29, 1.82) is 0 Å². The van der Waals surface area contributed by atoms with E-state index in [9.17, 15) is 0 Å². The van der Waals surface area contributed by atoms with Crippen LogP contribution < -0.4 is 10.6 Å². The molecule has 0 aromatic heterocycles. The van der Waals surface area contributed by atoms with E-state index in [1.54, 1.807) is 0 Å². The molecule has 1 aliphatic carbocycles. The molecule has 0 amide bonds. The summed E-state index contributed by atoms with van der Waals surface area (Å²) in [5, 5.41) is 7.00. The minimum Gasteiger partial charge on any atom is -0.379 e. The van der Waals surface area contributed by atoms with E-state index in [4.69, 9.17) is 14.2 Å². The predicted octanol–water partition coefficient (Wildman–Crippen LogP) is 2.17. The number of nitrogens with zero attached hydrogens (tertiary/aromatic N) is 1. The maximum absolute atomic E-state index is 5.85. The maximum Gasteiger partial charge on any atom is 0.191 e. The molecule has 4 atom stereocenters. The van der Waals surface area contributed by atoms with Gasteiger partial charge in [-0.15, -0.1) is 24.0 Å². The van der Waals surface area contributed by atoms with Crippen LogP contribution in [0.2, 0.25) is 0 Å². The molecule has 6 nitrogen and oxygen atoms in total. The monoisotopic (exact) mass is 467 g/mol. The van der Waals surface area contributed by atoms with Crippen LogP contribution in [0, 0.1) is 11.3 Å². The average molecular weight is 467 g/mol. The smallest absolute Gasteiger partial charge is 0.191 e. The number of guanidine groups is 1. The second kappa shape index (κ2) is 9.71. The quantitative estimate of drug-likeness (QED) is 0.260. The van der Waals surface area contributed by atoms with Gasteiger partial charge in [0.25, 0.3) is 0 Å². The third-order valence-electron chi connectivity index (χ3n) is 5.70. The molecule has 4 unspecified atom stereocenters. The van der Waals surface area contributed by atoms with E-state index >= 15 is 0 Å². The predicted molar refractivity (Wildman–Crippen MR) is 110 cm³/mol. The minimum absolute atomic E-state index is 0. The average Bonchev–Trinajstić information content (AvgIpc) is 3.23. The molecule has 25 heavy (non-hydrogen) atoms. The van der Waals surface area contributed by atoms with E-state index in [2.05, 4.69) is 29.5 Å². The first-order valence-electron chi connectivity index (χ1n) is 9.41. The second-order valence-electron chi connectivity index (χ2n) is 7.75. The SMILES string of the molecule is CN=C(NCCCOCC1CCCO1)NC1C2CCOC2C1(C)C.I. The van der Waals surface area contributed by atoms with E-state index in [0.29, 0.717) is 24.2 Å². The van der Waals surface area contributed by atoms with E-state index in [0.717, 1.165) is 58.2 Å². The van der Waals surface area contributed by atoms with E-state index in [1.807, 2.05) is 7.05 Å². The number of ether oxygens (including phenoxy) is 3. The van der Waals surface area contributed by atoms with Crippen molar-refractivity contribution < 1.29 is 14.2 Å². The van der Waals surface area contributed by atoms with Gasteiger partial charge in [0.05, 0.1) is 18.8 Å². The lowest BCUT2D eigenvalue weighted by atomic mass is 9.57. The summed E-state index contributed by atoms with van der Waals surface area (Å²) in [6.45, 7) is 8.70. The summed E-state index contributed by atoms with van der Waals surface area (Å²) in [6, 6.07) is 0.437. The summed E-state index contributed by atoms with van der Waals surface area (Å²) < 4.78 is 17.1. The summed E-state index contributed by atoms with van der Waals surface area (Å²) >= 11 is 0. The number of nitrogens with one attached hydrogen (secondary N) is 2. The van der Waals surface area contributed by atoms with Crippen LogP contribution in [0.4, 0.5) is 0 Å². The normalized spacial score (nSPS) is 33.3. The zero-order valence-corrected chi connectivity index (χ0v) is 18.1. The van der Waals surface area contributed by atoms with Crippen molar-refractivity contribution in [2.24, 2.45) is 16.3 Å². The zero-order chi connectivity index (χ0) is 17.0. The summed E-state index contributed by atoms with van der Waals surface area (Å²) in [5.74, 6) is 1.51. The first-order chi connectivity index (χ1) is 11.6. The van der Waals surface area contributed by atoms with Crippen molar-refractivity contribution in [1.82, 2.24) is 10.6 Å². The van der Waals surface area contributed by atoms with Crippen molar-refractivity contribution >= 4 is 29.9 Å². The highest BCUT2D eigenvalue weighted by molar-refractivity contribution is 14.0. The summed E-state index contributed by atoms with van der Waals surface area (Å²) in [7, 11) is 1.83. The summed E-state index contributed by atoms with van der Waals surface area (Å²) in [4.78, 5) is 4.36. The van der Waals surface area contributed by atoms with Crippen LogP contribution in [-0.2, 0) is 14.2 Å². The summed E-state index contributed by atoms with van der Waals surface area (Å²) in [6.07, 6.45) is 5.14. The fourth-order valence-electron chi connectivity index (χ4n) is 4.33. The Morgan fingerprint density at radius 1 is 1.24 bits per heavy atom. The lowest BCUT2D eigenvalue weighted by Crippen LogP contribution is -2.68. The Bertz CT molecular complexity index is 441. The first-order valence-corrected chi connectivity index (χ1v) is 9.41. The van der Waals surface area contributed by atoms with E-state index in [1.165, 1.54) is 6.42 Å². The standard InChI is InChI=1S/C18H33N3O3.HI/c1-18(2)15(14-7-11-24-16(14)18)21-17(19-3)20-8-5-9-22-12-13-6-4-10-23-13;/h13-16H,4-12H2,1-3H3,(H2,19,20,21);1H. The molecule has 7 heteroatoms. The van der Waals surface area contributed by atoms with Gasteiger partial charge in [-0.3, -0.25) is 4.99 Å². The van der Waals surface area contributed by atoms with Gasteiger partial charge in [0, 0.05) is 50.8 Å². The van der Waals surface area contributed by atoms with Crippen LogP contribution in [0.15, 0.2) is 4.99 Å². The lowest BCUT2D eigenvalue weighted by Gasteiger charge is -2.54. The molecule has 0 spiro atoms. The molecule has 2 heterocycles. The van der Waals surface area contributed by atoms with E-state index in [-0.39, 0.29) is 29.4 Å². The Morgan fingerprint density at radius 2 is 2.08 bits per heavy atom. The van der Waals surface area contributed by atoms with Crippen LogP contribution in [0.3, 0.4) is 0 Å². The number of hydrogen-bond donors (Lipinski definition) is 2.